The summed E-state index contributed by atoms with van der Waals surface area (Å²) in [5, 5.41) is 11.2. The lowest BCUT2D eigenvalue weighted by Gasteiger charge is -2.17. The zero-order valence-corrected chi connectivity index (χ0v) is 17.0. The smallest absolute Gasteiger partial charge is 0.251 e. The molecule has 0 bridgehead atoms. The maximum absolute atomic E-state index is 12.7. The van der Waals surface area contributed by atoms with Crippen LogP contribution in [0.25, 0.3) is 5.65 Å². The average Bonchev–Trinajstić information content (AvgIpc) is 3.13. The maximum Gasteiger partial charge on any atom is 0.251 e. The molecule has 0 aliphatic heterocycles. The zero-order chi connectivity index (χ0) is 20.6. The molecule has 0 unspecified atom stereocenters. The fourth-order valence-corrected chi connectivity index (χ4v) is 2.97. The molecule has 0 aliphatic carbocycles. The third kappa shape index (κ3) is 4.77. The molecule has 0 saturated carbocycles. The summed E-state index contributed by atoms with van der Waals surface area (Å²) in [6.45, 7) is 7.46. The Morgan fingerprint density at radius 2 is 1.69 bits per heavy atom. The molecule has 1 N–H and O–H groups in total. The van der Waals surface area contributed by atoms with Gasteiger partial charge in [0.25, 0.3) is 5.91 Å². The number of hydrogen-bond donors (Lipinski definition) is 1. The maximum atomic E-state index is 12.7. The molecule has 8 heteroatoms. The number of nitrogens with one attached hydrogen (secondary N) is 1. The number of benzene rings is 1. The summed E-state index contributed by atoms with van der Waals surface area (Å²) in [5.41, 5.74) is 1.23. The van der Waals surface area contributed by atoms with Crippen LogP contribution >= 0.6 is 0 Å². The number of carbonyl (C=O) groups excluding carboxylic acids is 1. The van der Waals surface area contributed by atoms with Crippen LogP contribution in [0, 0.1) is 0 Å². The van der Waals surface area contributed by atoms with E-state index >= 15 is 0 Å². The second-order valence-electron chi connectivity index (χ2n) is 6.15. The first-order chi connectivity index (χ1) is 14.2. The van der Waals surface area contributed by atoms with Gasteiger partial charge in [-0.3, -0.25) is 9.20 Å². The van der Waals surface area contributed by atoms with Gasteiger partial charge in [0.1, 0.15) is 5.82 Å². The van der Waals surface area contributed by atoms with Gasteiger partial charge in [-0.15, -0.1) is 10.2 Å². The molecule has 2 heterocycles. The predicted octanol–water partition coefficient (Wildman–Crippen LogP) is 2.90. The average molecular weight is 398 g/mol. The minimum atomic E-state index is -0.219. The second-order valence-corrected chi connectivity index (χ2v) is 6.15. The fraction of sp³-hybridized carbons (Fsp3) is 0.381. The lowest BCUT2D eigenvalue weighted by Crippen LogP contribution is -2.26. The van der Waals surface area contributed by atoms with Crippen molar-refractivity contribution in [3.05, 3.63) is 47.9 Å². The molecule has 2 aromatic heterocycles. The van der Waals surface area contributed by atoms with Crippen LogP contribution in [-0.4, -0.2) is 46.9 Å². The number of nitrogens with zero attached hydrogens (tertiary/aromatic N) is 3. The van der Waals surface area contributed by atoms with E-state index < -0.39 is 0 Å². The van der Waals surface area contributed by atoms with E-state index in [4.69, 9.17) is 14.2 Å². The summed E-state index contributed by atoms with van der Waals surface area (Å²) < 4.78 is 18.9. The summed E-state index contributed by atoms with van der Waals surface area (Å²) in [7, 11) is 0. The van der Waals surface area contributed by atoms with Gasteiger partial charge in [-0.05, 0) is 45.0 Å². The first-order valence-electron chi connectivity index (χ1n) is 9.81. The van der Waals surface area contributed by atoms with Gasteiger partial charge in [-0.1, -0.05) is 6.07 Å². The number of rotatable bonds is 10. The monoisotopic (exact) mass is 398 g/mol. The van der Waals surface area contributed by atoms with Crippen LogP contribution in [0.2, 0.25) is 0 Å². The van der Waals surface area contributed by atoms with Crippen molar-refractivity contribution in [3.8, 4) is 17.2 Å². The number of hydrogen-bond acceptors (Lipinski definition) is 6. The molecule has 3 rings (SSSR count). The van der Waals surface area contributed by atoms with Crippen LogP contribution in [0.1, 0.15) is 37.0 Å². The highest BCUT2D eigenvalue weighted by molar-refractivity contribution is 5.95. The Hall–Kier alpha value is -3.29. The van der Waals surface area contributed by atoms with Crippen molar-refractivity contribution in [3.63, 3.8) is 0 Å². The van der Waals surface area contributed by atoms with Gasteiger partial charge in [-0.25, -0.2) is 0 Å². The third-order valence-corrected chi connectivity index (χ3v) is 4.19. The Kier molecular flexibility index (Phi) is 6.89. The molecular weight excluding hydrogens is 372 g/mol. The Morgan fingerprint density at radius 1 is 1.00 bits per heavy atom. The first kappa shape index (κ1) is 20.4. The standard InChI is InChI=1S/C21H26N4O4/c1-4-27-16-13-15(14-17(28-5-2)20(16)29-6-3)21(26)22-11-10-19-24-23-18-9-7-8-12-25(18)19/h7-9,12-14H,4-6,10-11H2,1-3H3,(H,22,26). The minimum Gasteiger partial charge on any atom is -0.490 e. The van der Waals surface area contributed by atoms with Gasteiger partial charge in [0, 0.05) is 24.7 Å². The van der Waals surface area contributed by atoms with Crippen LogP contribution in [0.4, 0.5) is 0 Å². The molecule has 1 amide bonds. The van der Waals surface area contributed by atoms with Crippen molar-refractivity contribution >= 4 is 11.6 Å². The van der Waals surface area contributed by atoms with Crippen molar-refractivity contribution in [2.75, 3.05) is 26.4 Å². The van der Waals surface area contributed by atoms with Gasteiger partial charge in [0.2, 0.25) is 5.75 Å². The molecule has 1 aromatic carbocycles. The number of pyridine rings is 1. The van der Waals surface area contributed by atoms with Crippen LogP contribution in [0.3, 0.4) is 0 Å². The van der Waals surface area contributed by atoms with E-state index in [1.54, 1.807) is 12.1 Å². The van der Waals surface area contributed by atoms with Crippen molar-refractivity contribution in [1.82, 2.24) is 19.9 Å². The first-order valence-corrected chi connectivity index (χ1v) is 9.81. The predicted molar refractivity (Wildman–Crippen MR) is 109 cm³/mol. The lowest BCUT2D eigenvalue weighted by atomic mass is 10.1. The fourth-order valence-electron chi connectivity index (χ4n) is 2.97. The number of fused-ring (bicyclic) bond motifs is 1. The van der Waals surface area contributed by atoms with Gasteiger partial charge < -0.3 is 19.5 Å². The van der Waals surface area contributed by atoms with Crippen molar-refractivity contribution in [2.24, 2.45) is 0 Å². The van der Waals surface area contributed by atoms with Crippen LogP contribution in [0.15, 0.2) is 36.5 Å². The zero-order valence-electron chi connectivity index (χ0n) is 17.0. The molecule has 0 spiro atoms. The second kappa shape index (κ2) is 9.77. The quantitative estimate of drug-likeness (QED) is 0.565. The van der Waals surface area contributed by atoms with Crippen LogP contribution in [0.5, 0.6) is 17.2 Å². The van der Waals surface area contributed by atoms with Crippen LogP contribution in [-0.2, 0) is 6.42 Å². The highest BCUT2D eigenvalue weighted by Gasteiger charge is 2.18. The summed E-state index contributed by atoms with van der Waals surface area (Å²) in [4.78, 5) is 12.7. The molecule has 0 atom stereocenters. The molecule has 29 heavy (non-hydrogen) atoms. The molecule has 0 radical (unpaired) electrons. The normalized spacial score (nSPS) is 10.7. The SMILES string of the molecule is CCOc1cc(C(=O)NCCc2nnc3ccccn23)cc(OCC)c1OCC. The molecule has 0 aliphatic rings. The Morgan fingerprint density at radius 3 is 2.34 bits per heavy atom. The summed E-state index contributed by atoms with van der Waals surface area (Å²) >= 11 is 0. The number of aromatic nitrogens is 3. The largest absolute Gasteiger partial charge is 0.490 e. The molecule has 8 nitrogen and oxygen atoms in total. The number of ether oxygens (including phenoxy) is 3. The van der Waals surface area contributed by atoms with E-state index in [9.17, 15) is 4.79 Å². The Balaban J connectivity index is 1.73. The topological polar surface area (TPSA) is 87.0 Å². The van der Waals surface area contributed by atoms with Gasteiger partial charge in [0.15, 0.2) is 17.1 Å². The molecule has 154 valence electrons. The van der Waals surface area contributed by atoms with E-state index in [2.05, 4.69) is 15.5 Å². The molecule has 0 fully saturated rings. The van der Waals surface area contributed by atoms with Crippen molar-refractivity contribution in [2.45, 2.75) is 27.2 Å². The molecular formula is C21H26N4O4. The Labute approximate surface area is 169 Å². The Bertz CT molecular complexity index is 943. The highest BCUT2D eigenvalue weighted by Crippen LogP contribution is 2.39. The van der Waals surface area contributed by atoms with Crippen molar-refractivity contribution < 1.29 is 19.0 Å². The molecule has 0 saturated heterocycles. The van der Waals surface area contributed by atoms with Gasteiger partial charge in [0.05, 0.1) is 19.8 Å². The van der Waals surface area contributed by atoms with Gasteiger partial charge in [-0.2, -0.15) is 0 Å². The minimum absolute atomic E-state index is 0.219. The van der Waals surface area contributed by atoms with Crippen molar-refractivity contribution in [1.29, 1.82) is 0 Å². The number of carbonyl (C=O) groups is 1. The van der Waals surface area contributed by atoms with E-state index in [-0.39, 0.29) is 5.91 Å². The summed E-state index contributed by atoms with van der Waals surface area (Å²) in [5.74, 6) is 2.08. The van der Waals surface area contributed by atoms with Gasteiger partial charge >= 0.3 is 0 Å². The van der Waals surface area contributed by atoms with Crippen LogP contribution < -0.4 is 19.5 Å². The van der Waals surface area contributed by atoms with E-state index in [1.807, 2.05) is 49.6 Å². The van der Waals surface area contributed by atoms with E-state index in [0.29, 0.717) is 55.6 Å². The lowest BCUT2D eigenvalue weighted by molar-refractivity contribution is 0.0953. The number of amides is 1. The third-order valence-electron chi connectivity index (χ3n) is 4.19. The highest BCUT2D eigenvalue weighted by atomic mass is 16.5. The molecule has 3 aromatic rings. The van der Waals surface area contributed by atoms with E-state index in [0.717, 1.165) is 11.5 Å². The summed E-state index contributed by atoms with van der Waals surface area (Å²) in [6.07, 6.45) is 2.46. The van der Waals surface area contributed by atoms with E-state index in [1.165, 1.54) is 0 Å². The summed E-state index contributed by atoms with van der Waals surface area (Å²) in [6, 6.07) is 9.08.